The number of carbonyl (C=O) groups is 1. The average molecular weight is 328 g/mol. The topological polar surface area (TPSA) is 65.8 Å². The highest BCUT2D eigenvalue weighted by atomic mass is 16.2. The fourth-order valence-corrected chi connectivity index (χ4v) is 2.29. The second kappa shape index (κ2) is 6.04. The predicted octanol–water partition coefficient (Wildman–Crippen LogP) is 3.58. The number of amides is 1. The standard InChI is InChI=1S/C19H28N4O/c1-17(2,3)14-15(21-19(7,20-14)18(4,5)6)22-23-16(24)13-11-9-8-10-12-13/h8-12H,1-7H3,(H,21,22)(H,23,24). The van der Waals surface area contributed by atoms with Crippen molar-refractivity contribution in [1.29, 1.82) is 0 Å². The third-order valence-corrected chi connectivity index (χ3v) is 4.34. The molecule has 5 nitrogen and oxygen atoms in total. The lowest BCUT2D eigenvalue weighted by molar-refractivity contribution is 0.0944. The van der Waals surface area contributed by atoms with Crippen molar-refractivity contribution in [3.63, 3.8) is 0 Å². The molecule has 2 rings (SSSR count). The van der Waals surface area contributed by atoms with Gasteiger partial charge >= 0.3 is 0 Å². The Bertz CT molecular complexity index is 678. The zero-order valence-corrected chi connectivity index (χ0v) is 15.7. The predicted molar refractivity (Wildman–Crippen MR) is 99.2 cm³/mol. The van der Waals surface area contributed by atoms with Gasteiger partial charge in [-0.2, -0.15) is 0 Å². The Morgan fingerprint density at radius 2 is 1.58 bits per heavy atom. The van der Waals surface area contributed by atoms with Crippen LogP contribution in [0.2, 0.25) is 0 Å². The summed E-state index contributed by atoms with van der Waals surface area (Å²) in [6.45, 7) is 14.7. The highest BCUT2D eigenvalue weighted by molar-refractivity contribution is 6.44. The summed E-state index contributed by atoms with van der Waals surface area (Å²) >= 11 is 0. The van der Waals surface area contributed by atoms with E-state index in [1.54, 1.807) is 12.1 Å². The van der Waals surface area contributed by atoms with Crippen molar-refractivity contribution >= 4 is 17.5 Å². The van der Waals surface area contributed by atoms with Crippen LogP contribution in [0.1, 0.15) is 58.8 Å². The van der Waals surface area contributed by atoms with E-state index in [0.29, 0.717) is 11.4 Å². The summed E-state index contributed by atoms with van der Waals surface area (Å²) in [6.07, 6.45) is 0. The Balaban J connectivity index is 2.23. The van der Waals surface area contributed by atoms with Crippen LogP contribution in [-0.2, 0) is 0 Å². The molecule has 1 aliphatic heterocycles. The Morgan fingerprint density at radius 1 is 1.00 bits per heavy atom. The second-order valence-corrected chi connectivity index (χ2v) is 8.39. The van der Waals surface area contributed by atoms with E-state index in [1.165, 1.54) is 0 Å². The number of amidine groups is 1. The summed E-state index contributed by atoms with van der Waals surface area (Å²) in [5, 5.41) is 0. The molecule has 1 aromatic rings. The fourth-order valence-electron chi connectivity index (χ4n) is 2.29. The molecule has 0 spiro atoms. The van der Waals surface area contributed by atoms with Crippen molar-refractivity contribution in [2.75, 3.05) is 0 Å². The van der Waals surface area contributed by atoms with Gasteiger partial charge < -0.3 is 0 Å². The van der Waals surface area contributed by atoms with Crippen molar-refractivity contribution in [1.82, 2.24) is 10.9 Å². The molecule has 0 fully saturated rings. The van der Waals surface area contributed by atoms with Crippen LogP contribution in [0.3, 0.4) is 0 Å². The number of rotatable bonds is 1. The van der Waals surface area contributed by atoms with Gasteiger partial charge in [0.2, 0.25) is 0 Å². The minimum Gasteiger partial charge on any atom is -0.280 e. The first kappa shape index (κ1) is 18.2. The molecule has 0 bridgehead atoms. The van der Waals surface area contributed by atoms with Crippen molar-refractivity contribution in [3.05, 3.63) is 35.9 Å². The SMILES string of the molecule is CC(C)(C)C1=NC(C)(C(C)(C)C)N=C1NNC(=O)c1ccccc1. The van der Waals surface area contributed by atoms with Gasteiger partial charge in [0, 0.05) is 16.4 Å². The van der Waals surface area contributed by atoms with E-state index in [-0.39, 0.29) is 16.7 Å². The van der Waals surface area contributed by atoms with E-state index in [1.807, 2.05) is 25.1 Å². The van der Waals surface area contributed by atoms with E-state index in [4.69, 9.17) is 9.98 Å². The van der Waals surface area contributed by atoms with E-state index in [2.05, 4.69) is 52.4 Å². The monoisotopic (exact) mass is 328 g/mol. The van der Waals surface area contributed by atoms with E-state index in [9.17, 15) is 4.79 Å². The maximum Gasteiger partial charge on any atom is 0.269 e. The van der Waals surface area contributed by atoms with Gasteiger partial charge in [-0.05, 0) is 19.1 Å². The molecule has 24 heavy (non-hydrogen) atoms. The van der Waals surface area contributed by atoms with E-state index < -0.39 is 5.66 Å². The molecule has 1 atom stereocenters. The molecule has 0 saturated carbocycles. The molecule has 0 saturated heterocycles. The van der Waals surface area contributed by atoms with Crippen LogP contribution in [0.4, 0.5) is 0 Å². The van der Waals surface area contributed by atoms with Crippen LogP contribution in [0.15, 0.2) is 40.3 Å². The number of hydrazine groups is 1. The summed E-state index contributed by atoms with van der Waals surface area (Å²) in [6, 6.07) is 9.09. The van der Waals surface area contributed by atoms with Crippen LogP contribution in [-0.4, -0.2) is 23.1 Å². The Hall–Kier alpha value is -2.17. The highest BCUT2D eigenvalue weighted by Crippen LogP contribution is 2.39. The molecule has 5 heteroatoms. The van der Waals surface area contributed by atoms with Crippen LogP contribution >= 0.6 is 0 Å². The average Bonchev–Trinajstić information content (AvgIpc) is 2.84. The minimum atomic E-state index is -0.560. The highest BCUT2D eigenvalue weighted by Gasteiger charge is 2.44. The van der Waals surface area contributed by atoms with Gasteiger partial charge in [-0.25, -0.2) is 4.99 Å². The lowest BCUT2D eigenvalue weighted by atomic mass is 9.82. The summed E-state index contributed by atoms with van der Waals surface area (Å²) in [4.78, 5) is 21.9. The van der Waals surface area contributed by atoms with Gasteiger partial charge in [0.05, 0.1) is 5.71 Å². The van der Waals surface area contributed by atoms with E-state index >= 15 is 0 Å². The Kier molecular flexibility index (Phi) is 4.57. The molecule has 130 valence electrons. The summed E-state index contributed by atoms with van der Waals surface area (Å²) in [5.74, 6) is 0.431. The maximum absolute atomic E-state index is 12.2. The summed E-state index contributed by atoms with van der Waals surface area (Å²) in [7, 11) is 0. The zero-order chi connectivity index (χ0) is 18.2. The first-order valence-electron chi connectivity index (χ1n) is 8.26. The van der Waals surface area contributed by atoms with E-state index in [0.717, 1.165) is 5.71 Å². The molecular weight excluding hydrogens is 300 g/mol. The second-order valence-electron chi connectivity index (χ2n) is 8.39. The third kappa shape index (κ3) is 3.66. The van der Waals surface area contributed by atoms with Crippen molar-refractivity contribution < 1.29 is 4.79 Å². The minimum absolute atomic E-state index is 0.129. The van der Waals surface area contributed by atoms with Crippen molar-refractivity contribution in [2.24, 2.45) is 20.8 Å². The number of nitrogens with zero attached hydrogens (tertiary/aromatic N) is 2. The van der Waals surface area contributed by atoms with Gasteiger partial charge in [0.15, 0.2) is 11.5 Å². The number of hydrogen-bond acceptors (Lipinski definition) is 4. The smallest absolute Gasteiger partial charge is 0.269 e. The molecule has 2 N–H and O–H groups in total. The van der Waals surface area contributed by atoms with Gasteiger partial charge in [0.25, 0.3) is 5.91 Å². The number of hydrogen-bond donors (Lipinski definition) is 2. The third-order valence-electron chi connectivity index (χ3n) is 4.34. The fraction of sp³-hybridized carbons (Fsp3) is 0.526. The summed E-state index contributed by atoms with van der Waals surface area (Å²) in [5.41, 5.74) is 6.31. The van der Waals surface area contributed by atoms with Crippen LogP contribution in [0.25, 0.3) is 0 Å². The molecule has 1 aromatic carbocycles. The molecule has 0 radical (unpaired) electrons. The largest absolute Gasteiger partial charge is 0.280 e. The Morgan fingerprint density at radius 3 is 2.08 bits per heavy atom. The summed E-state index contributed by atoms with van der Waals surface area (Å²) < 4.78 is 0. The van der Waals surface area contributed by atoms with Crippen molar-refractivity contribution in [3.8, 4) is 0 Å². The molecule has 1 amide bonds. The molecule has 0 aromatic heterocycles. The van der Waals surface area contributed by atoms with Gasteiger partial charge in [-0.15, -0.1) is 0 Å². The lowest BCUT2D eigenvalue weighted by Gasteiger charge is -2.33. The first-order valence-corrected chi connectivity index (χ1v) is 8.26. The number of carbonyl (C=O) groups excluding carboxylic acids is 1. The number of aliphatic imine (C=N–C) groups is 2. The quantitative estimate of drug-likeness (QED) is 0.774. The molecular formula is C19H28N4O. The normalized spacial score (nSPS) is 21.1. The Labute approximate surface area is 144 Å². The van der Waals surface area contributed by atoms with Crippen molar-refractivity contribution in [2.45, 2.75) is 54.1 Å². The number of nitrogens with one attached hydrogen (secondary N) is 2. The van der Waals surface area contributed by atoms with Gasteiger partial charge in [-0.3, -0.25) is 20.6 Å². The van der Waals surface area contributed by atoms with Gasteiger partial charge in [-0.1, -0.05) is 59.7 Å². The van der Waals surface area contributed by atoms with Gasteiger partial charge in [0.1, 0.15) is 0 Å². The molecule has 1 unspecified atom stereocenters. The number of benzene rings is 1. The lowest BCUT2D eigenvalue weighted by Crippen LogP contribution is -2.47. The molecule has 1 heterocycles. The van der Waals surface area contributed by atoms with Crippen LogP contribution < -0.4 is 10.9 Å². The maximum atomic E-state index is 12.2. The van der Waals surface area contributed by atoms with Crippen LogP contribution in [0.5, 0.6) is 0 Å². The molecule has 0 aliphatic carbocycles. The van der Waals surface area contributed by atoms with Crippen LogP contribution in [0, 0.1) is 10.8 Å². The molecule has 1 aliphatic rings. The first-order chi connectivity index (χ1) is 10.9. The zero-order valence-electron chi connectivity index (χ0n) is 15.7.